The van der Waals surface area contributed by atoms with E-state index >= 15 is 0 Å². The molecule has 100 valence electrons. The second-order valence-electron chi connectivity index (χ2n) is 4.65. The lowest BCUT2D eigenvalue weighted by Gasteiger charge is -2.12. The van der Waals surface area contributed by atoms with Crippen molar-refractivity contribution in [3.63, 3.8) is 0 Å². The molecule has 0 atom stereocenters. The summed E-state index contributed by atoms with van der Waals surface area (Å²) in [6.45, 7) is 2.91. The normalized spacial score (nSPS) is 16.1. The van der Waals surface area contributed by atoms with Gasteiger partial charge in [-0.05, 0) is 62.4 Å². The first-order chi connectivity index (χ1) is 9.22. The van der Waals surface area contributed by atoms with Crippen LogP contribution in [0, 0.1) is 4.84 Å². The lowest BCUT2D eigenvalue weighted by molar-refractivity contribution is 0.249. The van der Waals surface area contributed by atoms with Gasteiger partial charge in [-0.15, -0.1) is 5.10 Å². The topological polar surface area (TPSA) is 34.2 Å². The summed E-state index contributed by atoms with van der Waals surface area (Å²) in [4.78, 5) is 2.74. The predicted octanol–water partition coefficient (Wildman–Crippen LogP) is 3.58. The van der Waals surface area contributed by atoms with Crippen LogP contribution in [0.1, 0.15) is 12.8 Å². The van der Waals surface area contributed by atoms with Gasteiger partial charge in [0.05, 0.1) is 6.67 Å². The van der Waals surface area contributed by atoms with Gasteiger partial charge < -0.3 is 4.42 Å². The summed E-state index contributed by atoms with van der Waals surface area (Å²) in [5.41, 5.74) is 0.885. The minimum absolute atomic E-state index is 0.414. The summed E-state index contributed by atoms with van der Waals surface area (Å²) in [7, 11) is 0. The number of hydrogen-bond donors (Lipinski definition) is 0. The molecule has 1 aromatic carbocycles. The van der Waals surface area contributed by atoms with Crippen LogP contribution < -0.4 is 0 Å². The standard InChI is InChI=1S/C13H14ClN3OS/c14-11-5-3-10(4-6-11)12-15-17(13(19)18-12)9-16-7-1-2-8-16/h3-6H,1-2,7-9H2. The fourth-order valence-corrected chi connectivity index (χ4v) is 2.52. The first-order valence-corrected chi connectivity index (χ1v) is 7.07. The van der Waals surface area contributed by atoms with E-state index in [1.165, 1.54) is 12.8 Å². The maximum absolute atomic E-state index is 5.87. The van der Waals surface area contributed by atoms with E-state index in [0.29, 0.717) is 22.4 Å². The summed E-state index contributed by atoms with van der Waals surface area (Å²) in [6.07, 6.45) is 2.49. The smallest absolute Gasteiger partial charge is 0.288 e. The monoisotopic (exact) mass is 295 g/mol. The quantitative estimate of drug-likeness (QED) is 0.811. The molecule has 6 heteroatoms. The van der Waals surface area contributed by atoms with E-state index < -0.39 is 0 Å². The van der Waals surface area contributed by atoms with Crippen molar-refractivity contribution >= 4 is 23.8 Å². The molecule has 19 heavy (non-hydrogen) atoms. The molecule has 1 aliphatic heterocycles. The SMILES string of the molecule is S=c1oc(-c2ccc(Cl)cc2)nn1CN1CCCC1. The van der Waals surface area contributed by atoms with Crippen LogP contribution in [0.2, 0.25) is 5.02 Å². The van der Waals surface area contributed by atoms with Crippen LogP contribution in [0.25, 0.3) is 11.5 Å². The van der Waals surface area contributed by atoms with Crippen LogP contribution in [-0.2, 0) is 6.67 Å². The fourth-order valence-electron chi connectivity index (χ4n) is 2.22. The molecule has 0 bridgehead atoms. The average molecular weight is 296 g/mol. The second-order valence-corrected chi connectivity index (χ2v) is 5.43. The van der Waals surface area contributed by atoms with E-state index in [0.717, 1.165) is 18.7 Å². The van der Waals surface area contributed by atoms with Gasteiger partial charge >= 0.3 is 0 Å². The van der Waals surface area contributed by atoms with Crippen molar-refractivity contribution in [1.82, 2.24) is 14.7 Å². The molecule has 2 heterocycles. The number of benzene rings is 1. The number of halogens is 1. The summed E-state index contributed by atoms with van der Waals surface area (Å²) in [5, 5.41) is 5.13. The average Bonchev–Trinajstić information content (AvgIpc) is 3.02. The van der Waals surface area contributed by atoms with Crippen molar-refractivity contribution in [3.05, 3.63) is 34.1 Å². The molecule has 0 unspecified atom stereocenters. The van der Waals surface area contributed by atoms with Gasteiger partial charge in [0.2, 0.25) is 5.89 Å². The minimum Gasteiger partial charge on any atom is -0.409 e. The summed E-state index contributed by atoms with van der Waals surface area (Å²) in [5.74, 6) is 0.542. The number of hydrogen-bond acceptors (Lipinski definition) is 4. The Kier molecular flexibility index (Phi) is 3.68. The highest BCUT2D eigenvalue weighted by molar-refractivity contribution is 7.71. The van der Waals surface area contributed by atoms with Gasteiger partial charge in [-0.25, -0.2) is 4.68 Å². The third-order valence-corrected chi connectivity index (χ3v) is 3.78. The third kappa shape index (κ3) is 2.88. The first-order valence-electron chi connectivity index (χ1n) is 6.28. The zero-order chi connectivity index (χ0) is 13.2. The van der Waals surface area contributed by atoms with Crippen LogP contribution in [0.15, 0.2) is 28.7 Å². The molecule has 0 N–H and O–H groups in total. The highest BCUT2D eigenvalue weighted by Crippen LogP contribution is 2.20. The summed E-state index contributed by atoms with van der Waals surface area (Å²) in [6, 6.07) is 7.39. The Labute approximate surface area is 121 Å². The second kappa shape index (κ2) is 5.45. The Bertz CT molecular complexity index is 614. The first kappa shape index (κ1) is 12.8. The molecule has 1 fully saturated rings. The molecule has 0 amide bonds. The number of rotatable bonds is 3. The van der Waals surface area contributed by atoms with E-state index in [-0.39, 0.29) is 0 Å². The molecule has 0 spiro atoms. The molecule has 1 aromatic heterocycles. The maximum Gasteiger partial charge on any atom is 0.288 e. The third-order valence-electron chi connectivity index (χ3n) is 3.23. The molecular weight excluding hydrogens is 282 g/mol. The van der Waals surface area contributed by atoms with Crippen LogP contribution in [0.4, 0.5) is 0 Å². The van der Waals surface area contributed by atoms with Crippen molar-refractivity contribution in [1.29, 1.82) is 0 Å². The van der Waals surface area contributed by atoms with Gasteiger partial charge in [0, 0.05) is 10.6 Å². The lowest BCUT2D eigenvalue weighted by Crippen LogP contribution is -2.23. The summed E-state index contributed by atoms with van der Waals surface area (Å²) >= 11 is 11.1. The van der Waals surface area contributed by atoms with E-state index in [4.69, 9.17) is 28.2 Å². The van der Waals surface area contributed by atoms with Crippen LogP contribution >= 0.6 is 23.8 Å². The molecule has 2 aromatic rings. The number of aromatic nitrogens is 2. The lowest BCUT2D eigenvalue weighted by atomic mass is 10.2. The van der Waals surface area contributed by atoms with Gasteiger partial charge in [-0.2, -0.15) is 0 Å². The molecule has 1 saturated heterocycles. The molecule has 0 radical (unpaired) electrons. The van der Waals surface area contributed by atoms with Crippen LogP contribution in [0.5, 0.6) is 0 Å². The van der Waals surface area contributed by atoms with Gasteiger partial charge in [0.25, 0.3) is 4.84 Å². The Morgan fingerprint density at radius 1 is 1.21 bits per heavy atom. The largest absolute Gasteiger partial charge is 0.409 e. The van der Waals surface area contributed by atoms with Gasteiger partial charge in [0.1, 0.15) is 0 Å². The zero-order valence-electron chi connectivity index (χ0n) is 10.4. The van der Waals surface area contributed by atoms with Gasteiger partial charge in [0.15, 0.2) is 0 Å². The Balaban J connectivity index is 1.84. The number of likely N-dealkylation sites (tertiary alicyclic amines) is 1. The molecular formula is C13H14ClN3OS. The van der Waals surface area contributed by atoms with Gasteiger partial charge in [-0.3, -0.25) is 4.90 Å². The molecule has 1 aliphatic rings. The van der Waals surface area contributed by atoms with E-state index in [2.05, 4.69) is 10.00 Å². The molecule has 4 nitrogen and oxygen atoms in total. The zero-order valence-corrected chi connectivity index (χ0v) is 12.0. The van der Waals surface area contributed by atoms with Crippen molar-refractivity contribution in [2.24, 2.45) is 0 Å². The predicted molar refractivity (Wildman–Crippen MR) is 76.6 cm³/mol. The Morgan fingerprint density at radius 2 is 1.89 bits per heavy atom. The van der Waals surface area contributed by atoms with Crippen LogP contribution in [0.3, 0.4) is 0 Å². The van der Waals surface area contributed by atoms with E-state index in [1.807, 2.05) is 24.3 Å². The van der Waals surface area contributed by atoms with E-state index in [1.54, 1.807) is 4.68 Å². The molecule has 3 rings (SSSR count). The van der Waals surface area contributed by atoms with E-state index in [9.17, 15) is 0 Å². The Morgan fingerprint density at radius 3 is 2.58 bits per heavy atom. The van der Waals surface area contributed by atoms with Crippen molar-refractivity contribution in [3.8, 4) is 11.5 Å². The van der Waals surface area contributed by atoms with Gasteiger partial charge in [-0.1, -0.05) is 11.6 Å². The van der Waals surface area contributed by atoms with Crippen molar-refractivity contribution in [2.75, 3.05) is 13.1 Å². The van der Waals surface area contributed by atoms with Crippen LogP contribution in [-0.4, -0.2) is 27.8 Å². The minimum atomic E-state index is 0.414. The molecule has 0 saturated carbocycles. The highest BCUT2D eigenvalue weighted by atomic mass is 35.5. The maximum atomic E-state index is 5.87. The number of nitrogens with zero attached hydrogens (tertiary/aromatic N) is 3. The van der Waals surface area contributed by atoms with Crippen molar-refractivity contribution in [2.45, 2.75) is 19.5 Å². The summed E-state index contributed by atoms with van der Waals surface area (Å²) < 4.78 is 7.29. The van der Waals surface area contributed by atoms with Crippen molar-refractivity contribution < 1.29 is 4.42 Å². The molecule has 0 aliphatic carbocycles. The Hall–Kier alpha value is -1.17. The fraction of sp³-hybridized carbons (Fsp3) is 0.385. The highest BCUT2D eigenvalue weighted by Gasteiger charge is 2.14.